The van der Waals surface area contributed by atoms with E-state index in [4.69, 9.17) is 4.74 Å². The lowest BCUT2D eigenvalue weighted by molar-refractivity contribution is 0.169. The molecule has 0 fully saturated rings. The molecule has 1 N–H and O–H groups in total. The molecule has 0 aliphatic heterocycles. The maximum absolute atomic E-state index is 13.7. The van der Waals surface area contributed by atoms with E-state index in [1.807, 2.05) is 0 Å². The first-order valence-electron chi connectivity index (χ1n) is 5.62. The number of aliphatic hydroxyl groups excluding tert-OH is 1. The molecule has 0 aliphatic carbocycles. The van der Waals surface area contributed by atoms with Crippen molar-refractivity contribution in [1.82, 2.24) is 14.8 Å². The SMILES string of the molecule is COCCn1ncc(Br)c1C(O)c1ccncc1F. The number of hydrogen-bond donors (Lipinski definition) is 1. The first-order valence-corrected chi connectivity index (χ1v) is 6.42. The fourth-order valence-corrected chi connectivity index (χ4v) is 2.27. The molecule has 2 aromatic rings. The lowest BCUT2D eigenvalue weighted by Gasteiger charge is -2.14. The quantitative estimate of drug-likeness (QED) is 0.910. The van der Waals surface area contributed by atoms with Crippen LogP contribution >= 0.6 is 15.9 Å². The highest BCUT2D eigenvalue weighted by atomic mass is 79.9. The smallest absolute Gasteiger partial charge is 0.147 e. The number of rotatable bonds is 5. The highest BCUT2D eigenvalue weighted by Gasteiger charge is 2.22. The topological polar surface area (TPSA) is 60.2 Å². The lowest BCUT2D eigenvalue weighted by atomic mass is 10.1. The monoisotopic (exact) mass is 329 g/mol. The van der Waals surface area contributed by atoms with Gasteiger partial charge in [-0.2, -0.15) is 5.10 Å². The molecule has 7 heteroatoms. The summed E-state index contributed by atoms with van der Waals surface area (Å²) in [5, 5.41) is 14.4. The van der Waals surface area contributed by atoms with Gasteiger partial charge in [-0.15, -0.1) is 0 Å². The third kappa shape index (κ3) is 2.99. The largest absolute Gasteiger partial charge is 0.383 e. The molecule has 2 heterocycles. The van der Waals surface area contributed by atoms with Crippen molar-refractivity contribution >= 4 is 15.9 Å². The summed E-state index contributed by atoms with van der Waals surface area (Å²) in [6.07, 6.45) is 2.96. The molecule has 0 aliphatic rings. The van der Waals surface area contributed by atoms with Crippen LogP contribution in [0.1, 0.15) is 17.4 Å². The van der Waals surface area contributed by atoms with Crippen LogP contribution in [0.5, 0.6) is 0 Å². The van der Waals surface area contributed by atoms with Crippen LogP contribution in [0.4, 0.5) is 4.39 Å². The van der Waals surface area contributed by atoms with Crippen LogP contribution in [0.15, 0.2) is 29.1 Å². The van der Waals surface area contributed by atoms with Gasteiger partial charge in [-0.25, -0.2) is 4.39 Å². The van der Waals surface area contributed by atoms with Crippen LogP contribution in [0.2, 0.25) is 0 Å². The molecule has 19 heavy (non-hydrogen) atoms. The van der Waals surface area contributed by atoms with Gasteiger partial charge in [0.25, 0.3) is 0 Å². The van der Waals surface area contributed by atoms with E-state index in [0.717, 1.165) is 6.20 Å². The van der Waals surface area contributed by atoms with Crippen LogP contribution < -0.4 is 0 Å². The number of aliphatic hydroxyl groups is 1. The molecule has 0 saturated carbocycles. The summed E-state index contributed by atoms with van der Waals surface area (Å²) in [6, 6.07) is 1.44. The zero-order chi connectivity index (χ0) is 13.8. The lowest BCUT2D eigenvalue weighted by Crippen LogP contribution is -2.14. The highest BCUT2D eigenvalue weighted by Crippen LogP contribution is 2.29. The van der Waals surface area contributed by atoms with Crippen molar-refractivity contribution in [3.8, 4) is 0 Å². The van der Waals surface area contributed by atoms with Crippen LogP contribution in [0.3, 0.4) is 0 Å². The molecule has 0 spiro atoms. The molecule has 0 amide bonds. The van der Waals surface area contributed by atoms with Gasteiger partial charge in [-0.3, -0.25) is 9.67 Å². The van der Waals surface area contributed by atoms with Gasteiger partial charge >= 0.3 is 0 Å². The second-order valence-electron chi connectivity index (χ2n) is 3.89. The Morgan fingerprint density at radius 1 is 1.53 bits per heavy atom. The number of methoxy groups -OCH3 is 1. The van der Waals surface area contributed by atoms with Crippen molar-refractivity contribution in [2.24, 2.45) is 0 Å². The zero-order valence-corrected chi connectivity index (χ0v) is 11.8. The minimum Gasteiger partial charge on any atom is -0.383 e. The number of nitrogens with zero attached hydrogens (tertiary/aromatic N) is 3. The van der Waals surface area contributed by atoms with Gasteiger partial charge in [0.15, 0.2) is 0 Å². The molecule has 1 unspecified atom stereocenters. The molecule has 5 nitrogen and oxygen atoms in total. The number of halogens is 2. The number of hydrogen-bond acceptors (Lipinski definition) is 4. The molecular formula is C12H13BrFN3O2. The minimum atomic E-state index is -1.11. The maximum atomic E-state index is 13.7. The van der Waals surface area contributed by atoms with Crippen molar-refractivity contribution in [2.45, 2.75) is 12.6 Å². The van der Waals surface area contributed by atoms with Crippen LogP contribution in [0, 0.1) is 5.82 Å². The maximum Gasteiger partial charge on any atom is 0.147 e. The Labute approximate surface area is 118 Å². The molecule has 0 bridgehead atoms. The van der Waals surface area contributed by atoms with Gasteiger partial charge in [-0.05, 0) is 22.0 Å². The Bertz CT molecular complexity index is 562. The predicted molar refractivity (Wildman–Crippen MR) is 70.1 cm³/mol. The van der Waals surface area contributed by atoms with Gasteiger partial charge in [-0.1, -0.05) is 0 Å². The van der Waals surface area contributed by atoms with E-state index in [2.05, 4.69) is 26.0 Å². The highest BCUT2D eigenvalue weighted by molar-refractivity contribution is 9.10. The average Bonchev–Trinajstić information content (AvgIpc) is 2.77. The van der Waals surface area contributed by atoms with Crippen molar-refractivity contribution in [1.29, 1.82) is 0 Å². The van der Waals surface area contributed by atoms with Crippen molar-refractivity contribution < 1.29 is 14.2 Å². The van der Waals surface area contributed by atoms with Crippen molar-refractivity contribution in [3.05, 3.63) is 46.2 Å². The summed E-state index contributed by atoms with van der Waals surface area (Å²) in [4.78, 5) is 3.66. The van der Waals surface area contributed by atoms with Crippen molar-refractivity contribution in [3.63, 3.8) is 0 Å². The van der Waals surface area contributed by atoms with Gasteiger partial charge in [0.2, 0.25) is 0 Å². The fraction of sp³-hybridized carbons (Fsp3) is 0.333. The number of pyridine rings is 1. The fourth-order valence-electron chi connectivity index (χ4n) is 1.75. The first-order chi connectivity index (χ1) is 9.15. The Balaban J connectivity index is 2.35. The third-order valence-corrected chi connectivity index (χ3v) is 3.31. The second-order valence-corrected chi connectivity index (χ2v) is 4.75. The summed E-state index contributed by atoms with van der Waals surface area (Å²) in [5.74, 6) is -0.554. The summed E-state index contributed by atoms with van der Waals surface area (Å²) < 4.78 is 20.8. The summed E-state index contributed by atoms with van der Waals surface area (Å²) >= 11 is 3.31. The van der Waals surface area contributed by atoms with Gasteiger partial charge in [0.1, 0.15) is 11.9 Å². The molecule has 1 atom stereocenters. The molecule has 2 aromatic heterocycles. The normalized spacial score (nSPS) is 12.6. The van der Waals surface area contributed by atoms with E-state index in [0.29, 0.717) is 23.3 Å². The van der Waals surface area contributed by atoms with Crippen molar-refractivity contribution in [2.75, 3.05) is 13.7 Å². The standard InChI is InChI=1S/C12H13BrFN3O2/c1-19-5-4-17-11(9(13)6-16-17)12(18)8-2-3-15-7-10(8)14/h2-3,6-7,12,18H,4-5H2,1H3. The van der Waals surface area contributed by atoms with E-state index in [1.165, 1.54) is 12.3 Å². The summed E-state index contributed by atoms with van der Waals surface area (Å²) in [7, 11) is 1.58. The zero-order valence-electron chi connectivity index (χ0n) is 10.3. The summed E-state index contributed by atoms with van der Waals surface area (Å²) in [6.45, 7) is 0.924. The van der Waals surface area contributed by atoms with E-state index < -0.39 is 11.9 Å². The van der Waals surface area contributed by atoms with E-state index in [9.17, 15) is 9.50 Å². The van der Waals surface area contributed by atoms with Gasteiger partial charge in [0.05, 0.1) is 35.7 Å². The first kappa shape index (κ1) is 14.1. The minimum absolute atomic E-state index is 0.162. The molecule has 102 valence electrons. The van der Waals surface area contributed by atoms with E-state index in [1.54, 1.807) is 18.0 Å². The Kier molecular flexibility index (Phi) is 4.62. The molecule has 0 aromatic carbocycles. The molecule has 0 saturated heterocycles. The third-order valence-electron chi connectivity index (χ3n) is 2.70. The van der Waals surface area contributed by atoms with Crippen LogP contribution in [-0.2, 0) is 11.3 Å². The molecular weight excluding hydrogens is 317 g/mol. The van der Waals surface area contributed by atoms with Gasteiger partial charge in [0, 0.05) is 18.9 Å². The van der Waals surface area contributed by atoms with Crippen LogP contribution in [-0.4, -0.2) is 33.6 Å². The van der Waals surface area contributed by atoms with Crippen LogP contribution in [0.25, 0.3) is 0 Å². The molecule has 0 radical (unpaired) electrons. The van der Waals surface area contributed by atoms with E-state index >= 15 is 0 Å². The second kappa shape index (κ2) is 6.23. The molecule has 2 rings (SSSR count). The summed E-state index contributed by atoms with van der Waals surface area (Å²) in [5.41, 5.74) is 0.650. The predicted octanol–water partition coefficient (Wildman–Crippen LogP) is 1.91. The Morgan fingerprint density at radius 2 is 2.32 bits per heavy atom. The van der Waals surface area contributed by atoms with E-state index in [-0.39, 0.29) is 5.56 Å². The Hall–Kier alpha value is -1.31. The van der Waals surface area contributed by atoms with Gasteiger partial charge < -0.3 is 9.84 Å². The number of aromatic nitrogens is 3. The number of ether oxygens (including phenoxy) is 1. The average molecular weight is 330 g/mol. The Morgan fingerprint density at radius 3 is 3.00 bits per heavy atom.